The molecule has 4 heteroatoms. The zero-order valence-corrected chi connectivity index (χ0v) is 9.98. The lowest BCUT2D eigenvalue weighted by atomic mass is 10.4. The molecule has 1 aromatic rings. The summed E-state index contributed by atoms with van der Waals surface area (Å²) in [5, 5.41) is 7.84. The second-order valence-electron chi connectivity index (χ2n) is 4.25. The van der Waals surface area contributed by atoms with Gasteiger partial charge in [-0.1, -0.05) is 0 Å². The minimum Gasteiger partial charge on any atom is -0.382 e. The van der Waals surface area contributed by atoms with E-state index < -0.39 is 0 Å². The summed E-state index contributed by atoms with van der Waals surface area (Å²) < 4.78 is 7.40. The van der Waals surface area contributed by atoms with Gasteiger partial charge in [0.25, 0.3) is 0 Å². The Balaban J connectivity index is 1.71. The molecule has 0 unspecified atom stereocenters. The molecule has 1 heterocycles. The van der Waals surface area contributed by atoms with Gasteiger partial charge in [-0.3, -0.25) is 4.68 Å². The maximum Gasteiger partial charge on any atom is 0.0522 e. The van der Waals surface area contributed by atoms with E-state index in [1.54, 1.807) is 0 Å². The van der Waals surface area contributed by atoms with Gasteiger partial charge < -0.3 is 10.1 Å². The summed E-state index contributed by atoms with van der Waals surface area (Å²) >= 11 is 0. The Hall–Kier alpha value is -0.870. The predicted molar refractivity (Wildman–Crippen MR) is 63.2 cm³/mol. The number of hydrogen-bond donors (Lipinski definition) is 1. The highest BCUT2D eigenvalue weighted by molar-refractivity contribution is 5.01. The Bertz CT molecular complexity index is 307. The molecule has 1 saturated carbocycles. The fourth-order valence-electron chi connectivity index (χ4n) is 1.71. The molecule has 90 valence electrons. The lowest BCUT2D eigenvalue weighted by molar-refractivity contribution is 0.140. The van der Waals surface area contributed by atoms with Crippen molar-refractivity contribution in [3.05, 3.63) is 18.0 Å². The SMILES string of the molecule is CCOCCCn1nccc1CNC1CC1. The van der Waals surface area contributed by atoms with Gasteiger partial charge in [0, 0.05) is 38.5 Å². The monoisotopic (exact) mass is 223 g/mol. The van der Waals surface area contributed by atoms with Crippen LogP contribution in [0.25, 0.3) is 0 Å². The van der Waals surface area contributed by atoms with Crippen LogP contribution in [-0.2, 0) is 17.8 Å². The van der Waals surface area contributed by atoms with Crippen molar-refractivity contribution in [2.45, 2.75) is 45.3 Å². The van der Waals surface area contributed by atoms with Crippen molar-refractivity contribution in [2.75, 3.05) is 13.2 Å². The summed E-state index contributed by atoms with van der Waals surface area (Å²) in [6.07, 6.45) is 5.58. The summed E-state index contributed by atoms with van der Waals surface area (Å²) in [6, 6.07) is 2.85. The molecule has 1 aliphatic rings. The van der Waals surface area contributed by atoms with Gasteiger partial charge in [-0.15, -0.1) is 0 Å². The summed E-state index contributed by atoms with van der Waals surface area (Å²) in [7, 11) is 0. The molecule has 1 aliphatic carbocycles. The van der Waals surface area contributed by atoms with Crippen LogP contribution in [0, 0.1) is 0 Å². The lowest BCUT2D eigenvalue weighted by Crippen LogP contribution is -2.19. The molecular formula is C12H21N3O. The van der Waals surface area contributed by atoms with E-state index in [1.165, 1.54) is 18.5 Å². The smallest absolute Gasteiger partial charge is 0.0522 e. The van der Waals surface area contributed by atoms with Crippen LogP contribution in [-0.4, -0.2) is 29.0 Å². The summed E-state index contributed by atoms with van der Waals surface area (Å²) in [5.74, 6) is 0. The number of nitrogens with one attached hydrogen (secondary N) is 1. The molecule has 0 spiro atoms. The molecule has 0 atom stereocenters. The number of nitrogens with zero attached hydrogens (tertiary/aromatic N) is 2. The van der Waals surface area contributed by atoms with Crippen molar-refractivity contribution < 1.29 is 4.74 Å². The van der Waals surface area contributed by atoms with Crippen molar-refractivity contribution in [1.29, 1.82) is 0 Å². The molecule has 1 fully saturated rings. The summed E-state index contributed by atoms with van der Waals surface area (Å²) in [4.78, 5) is 0. The van der Waals surface area contributed by atoms with E-state index in [-0.39, 0.29) is 0 Å². The van der Waals surface area contributed by atoms with Gasteiger partial charge >= 0.3 is 0 Å². The molecule has 1 aromatic heterocycles. The van der Waals surface area contributed by atoms with Gasteiger partial charge in [-0.2, -0.15) is 5.10 Å². The standard InChI is InChI=1S/C12H21N3O/c1-2-16-9-3-8-15-12(6-7-14-15)10-13-11-4-5-11/h6-7,11,13H,2-5,8-10H2,1H3. The fourth-order valence-corrected chi connectivity index (χ4v) is 1.71. The first-order valence-electron chi connectivity index (χ1n) is 6.22. The molecule has 4 nitrogen and oxygen atoms in total. The minimum absolute atomic E-state index is 0.756. The number of ether oxygens (including phenoxy) is 1. The molecule has 0 aromatic carbocycles. The number of aryl methyl sites for hydroxylation is 1. The van der Waals surface area contributed by atoms with E-state index in [0.29, 0.717) is 0 Å². The Morgan fingerprint density at radius 3 is 3.19 bits per heavy atom. The van der Waals surface area contributed by atoms with Crippen LogP contribution in [0.3, 0.4) is 0 Å². The zero-order valence-electron chi connectivity index (χ0n) is 9.98. The average Bonchev–Trinajstić information content (AvgIpc) is 3.02. The third-order valence-corrected chi connectivity index (χ3v) is 2.82. The van der Waals surface area contributed by atoms with Crippen LogP contribution >= 0.6 is 0 Å². The van der Waals surface area contributed by atoms with E-state index in [2.05, 4.69) is 21.2 Å². The van der Waals surface area contributed by atoms with Crippen molar-refractivity contribution in [2.24, 2.45) is 0 Å². The zero-order chi connectivity index (χ0) is 11.2. The molecule has 2 rings (SSSR count). The lowest BCUT2D eigenvalue weighted by Gasteiger charge is -2.08. The van der Waals surface area contributed by atoms with Crippen LogP contribution in [0.5, 0.6) is 0 Å². The van der Waals surface area contributed by atoms with Gasteiger partial charge in [0.05, 0.1) is 5.69 Å². The Labute approximate surface area is 97.0 Å². The van der Waals surface area contributed by atoms with Crippen LogP contribution in [0.4, 0.5) is 0 Å². The maximum atomic E-state index is 5.32. The van der Waals surface area contributed by atoms with Crippen molar-refractivity contribution >= 4 is 0 Å². The topological polar surface area (TPSA) is 39.1 Å². The highest BCUT2D eigenvalue weighted by Gasteiger charge is 2.20. The third kappa shape index (κ3) is 3.61. The van der Waals surface area contributed by atoms with Crippen molar-refractivity contribution in [3.8, 4) is 0 Å². The molecule has 1 N–H and O–H groups in total. The van der Waals surface area contributed by atoms with Gasteiger partial charge in [-0.05, 0) is 32.3 Å². The molecular weight excluding hydrogens is 202 g/mol. The highest BCUT2D eigenvalue weighted by Crippen LogP contribution is 2.19. The average molecular weight is 223 g/mol. The maximum absolute atomic E-state index is 5.32. The molecule has 0 bridgehead atoms. The Kier molecular flexibility index (Phi) is 4.36. The molecule has 0 saturated heterocycles. The van der Waals surface area contributed by atoms with E-state index in [0.717, 1.165) is 38.8 Å². The summed E-state index contributed by atoms with van der Waals surface area (Å²) in [5.41, 5.74) is 1.28. The van der Waals surface area contributed by atoms with Gasteiger partial charge in [-0.25, -0.2) is 0 Å². The fraction of sp³-hybridized carbons (Fsp3) is 0.750. The van der Waals surface area contributed by atoms with E-state index in [4.69, 9.17) is 4.74 Å². The van der Waals surface area contributed by atoms with Crippen LogP contribution < -0.4 is 5.32 Å². The minimum atomic E-state index is 0.756. The molecule has 0 amide bonds. The quantitative estimate of drug-likeness (QED) is 0.680. The van der Waals surface area contributed by atoms with E-state index in [1.807, 2.05) is 13.1 Å². The Morgan fingerprint density at radius 1 is 1.56 bits per heavy atom. The largest absolute Gasteiger partial charge is 0.382 e. The first-order valence-corrected chi connectivity index (χ1v) is 6.22. The summed E-state index contributed by atoms with van der Waals surface area (Å²) in [6.45, 7) is 5.55. The first kappa shape index (κ1) is 11.6. The molecule has 0 aliphatic heterocycles. The number of aromatic nitrogens is 2. The number of rotatable bonds is 8. The van der Waals surface area contributed by atoms with E-state index in [9.17, 15) is 0 Å². The van der Waals surface area contributed by atoms with Crippen LogP contribution in [0.1, 0.15) is 31.9 Å². The van der Waals surface area contributed by atoms with Gasteiger partial charge in [0.1, 0.15) is 0 Å². The Morgan fingerprint density at radius 2 is 2.44 bits per heavy atom. The van der Waals surface area contributed by atoms with Crippen LogP contribution in [0.2, 0.25) is 0 Å². The highest BCUT2D eigenvalue weighted by atomic mass is 16.5. The second kappa shape index (κ2) is 6.01. The molecule has 0 radical (unpaired) electrons. The van der Waals surface area contributed by atoms with Crippen LogP contribution in [0.15, 0.2) is 12.3 Å². The first-order chi connectivity index (χ1) is 7.90. The van der Waals surface area contributed by atoms with Crippen molar-refractivity contribution in [1.82, 2.24) is 15.1 Å². The normalized spacial score (nSPS) is 15.6. The predicted octanol–water partition coefficient (Wildman–Crippen LogP) is 1.56. The van der Waals surface area contributed by atoms with Gasteiger partial charge in [0.15, 0.2) is 0 Å². The molecule has 16 heavy (non-hydrogen) atoms. The number of hydrogen-bond acceptors (Lipinski definition) is 3. The van der Waals surface area contributed by atoms with Crippen molar-refractivity contribution in [3.63, 3.8) is 0 Å². The van der Waals surface area contributed by atoms with Gasteiger partial charge in [0.2, 0.25) is 0 Å². The van der Waals surface area contributed by atoms with E-state index >= 15 is 0 Å². The third-order valence-electron chi connectivity index (χ3n) is 2.82. The second-order valence-corrected chi connectivity index (χ2v) is 4.25.